The van der Waals surface area contributed by atoms with Crippen LogP contribution in [-0.2, 0) is 0 Å². The molecule has 0 bridgehead atoms. The summed E-state index contributed by atoms with van der Waals surface area (Å²) in [4.78, 5) is 0. The van der Waals surface area contributed by atoms with Gasteiger partial charge in [0.25, 0.3) is 0 Å². The van der Waals surface area contributed by atoms with E-state index in [1.807, 2.05) is 0 Å². The second-order valence-electron chi connectivity index (χ2n) is 4.86. The first-order valence-electron chi connectivity index (χ1n) is 6.42. The molecule has 1 rings (SSSR count). The molecule has 0 N–H and O–H groups in total. The van der Waals surface area contributed by atoms with Crippen LogP contribution in [0.5, 0.6) is 0 Å². The topological polar surface area (TPSA) is 0 Å². The Labute approximate surface area is 99.6 Å². The zero-order valence-electron chi connectivity index (χ0n) is 9.60. The standard InChI is InChI=1S/C12H25BrSi/c1-2-3-4-9-14-10-6-12(5-8-13)7-11-14/h12,14H,2-11H2,1H3/t12-,14-. The summed E-state index contributed by atoms with van der Waals surface area (Å²) in [5.74, 6) is 1.07. The summed E-state index contributed by atoms with van der Waals surface area (Å²) in [6.07, 6.45) is 8.97. The number of alkyl halides is 1. The van der Waals surface area contributed by atoms with Gasteiger partial charge in [-0.1, -0.05) is 73.1 Å². The lowest BCUT2D eigenvalue weighted by molar-refractivity contribution is 0.460. The fourth-order valence-corrected chi connectivity index (χ4v) is 6.91. The molecule has 0 amide bonds. The molecule has 1 saturated heterocycles. The van der Waals surface area contributed by atoms with Crippen molar-refractivity contribution in [2.75, 3.05) is 5.33 Å². The quantitative estimate of drug-likeness (QED) is 0.378. The molecule has 0 aromatic carbocycles. The molecule has 0 nitrogen and oxygen atoms in total. The highest BCUT2D eigenvalue weighted by molar-refractivity contribution is 9.09. The van der Waals surface area contributed by atoms with Gasteiger partial charge in [0.05, 0.1) is 0 Å². The van der Waals surface area contributed by atoms with E-state index in [1.54, 1.807) is 31.0 Å². The molecule has 0 saturated carbocycles. The van der Waals surface area contributed by atoms with E-state index in [1.165, 1.54) is 31.0 Å². The van der Waals surface area contributed by atoms with E-state index in [-0.39, 0.29) is 8.80 Å². The number of unbranched alkanes of at least 4 members (excludes halogenated alkanes) is 2. The molecule has 0 aromatic rings. The highest BCUT2D eigenvalue weighted by atomic mass is 79.9. The van der Waals surface area contributed by atoms with Crippen molar-refractivity contribution in [2.45, 2.75) is 63.6 Å². The minimum atomic E-state index is -0.237. The van der Waals surface area contributed by atoms with Gasteiger partial charge in [-0.2, -0.15) is 0 Å². The molecule has 2 heteroatoms. The summed E-state index contributed by atoms with van der Waals surface area (Å²) in [5, 5.41) is 1.22. The van der Waals surface area contributed by atoms with Gasteiger partial charge in [-0.3, -0.25) is 0 Å². The minimum absolute atomic E-state index is 0.237. The number of hydrogen-bond donors (Lipinski definition) is 0. The summed E-state index contributed by atoms with van der Waals surface area (Å²) in [7, 11) is -0.237. The fourth-order valence-electron chi connectivity index (χ4n) is 2.65. The van der Waals surface area contributed by atoms with E-state index in [0.29, 0.717) is 0 Å². The van der Waals surface area contributed by atoms with Crippen LogP contribution in [0.1, 0.15) is 45.4 Å². The predicted octanol–water partition coefficient (Wildman–Crippen LogP) is 4.60. The van der Waals surface area contributed by atoms with Crippen molar-refractivity contribution in [1.82, 2.24) is 0 Å². The van der Waals surface area contributed by atoms with Crippen LogP contribution < -0.4 is 0 Å². The van der Waals surface area contributed by atoms with Crippen LogP contribution >= 0.6 is 15.9 Å². The second kappa shape index (κ2) is 7.92. The maximum atomic E-state index is 3.56. The van der Waals surface area contributed by atoms with Gasteiger partial charge in [0.2, 0.25) is 0 Å². The monoisotopic (exact) mass is 276 g/mol. The third-order valence-electron chi connectivity index (χ3n) is 3.70. The van der Waals surface area contributed by atoms with E-state index < -0.39 is 0 Å². The van der Waals surface area contributed by atoms with E-state index in [4.69, 9.17) is 0 Å². The van der Waals surface area contributed by atoms with Crippen molar-refractivity contribution in [1.29, 1.82) is 0 Å². The molecule has 14 heavy (non-hydrogen) atoms. The van der Waals surface area contributed by atoms with Crippen LogP contribution in [0.3, 0.4) is 0 Å². The summed E-state index contributed by atoms with van der Waals surface area (Å²) in [6, 6.07) is 4.96. The Balaban J connectivity index is 2.03. The van der Waals surface area contributed by atoms with Gasteiger partial charge in [0, 0.05) is 14.1 Å². The highest BCUT2D eigenvalue weighted by Gasteiger charge is 2.20. The molecular formula is C12H25BrSi. The minimum Gasteiger partial charge on any atom is -0.0928 e. The summed E-state index contributed by atoms with van der Waals surface area (Å²) in [5.41, 5.74) is 0. The van der Waals surface area contributed by atoms with Gasteiger partial charge in [-0.15, -0.1) is 0 Å². The normalized spacial score (nSPS) is 27.9. The molecule has 1 aliphatic rings. The third-order valence-corrected chi connectivity index (χ3v) is 7.68. The van der Waals surface area contributed by atoms with Crippen LogP contribution in [0.2, 0.25) is 18.1 Å². The Morgan fingerprint density at radius 1 is 1.21 bits per heavy atom. The Bertz CT molecular complexity index is 130. The van der Waals surface area contributed by atoms with Crippen molar-refractivity contribution in [3.05, 3.63) is 0 Å². The maximum Gasteiger partial charge on any atom is 0.0368 e. The first-order valence-corrected chi connectivity index (χ1v) is 9.99. The van der Waals surface area contributed by atoms with E-state index >= 15 is 0 Å². The van der Waals surface area contributed by atoms with Crippen molar-refractivity contribution >= 4 is 24.7 Å². The van der Waals surface area contributed by atoms with Crippen LogP contribution in [-0.4, -0.2) is 14.1 Å². The van der Waals surface area contributed by atoms with Gasteiger partial charge >= 0.3 is 0 Å². The zero-order valence-corrected chi connectivity index (χ0v) is 12.3. The van der Waals surface area contributed by atoms with Gasteiger partial charge in [0.1, 0.15) is 0 Å². The molecule has 0 radical (unpaired) electrons. The number of hydrogen-bond acceptors (Lipinski definition) is 0. The Morgan fingerprint density at radius 3 is 2.50 bits per heavy atom. The lowest BCUT2D eigenvalue weighted by atomic mass is 10.0. The molecule has 84 valence electrons. The Morgan fingerprint density at radius 2 is 1.93 bits per heavy atom. The Hall–Kier alpha value is 0.697. The van der Waals surface area contributed by atoms with E-state index in [0.717, 1.165) is 5.92 Å². The molecule has 1 aliphatic heterocycles. The SMILES string of the molecule is CCCCC[Si@H]1CC[C@H](CCBr)CC1. The smallest absolute Gasteiger partial charge is 0.0368 e. The van der Waals surface area contributed by atoms with Gasteiger partial charge < -0.3 is 0 Å². The molecule has 0 unspecified atom stereocenters. The largest absolute Gasteiger partial charge is 0.0928 e. The number of halogens is 1. The van der Waals surface area contributed by atoms with Crippen molar-refractivity contribution in [3.8, 4) is 0 Å². The van der Waals surface area contributed by atoms with Crippen molar-refractivity contribution < 1.29 is 0 Å². The zero-order chi connectivity index (χ0) is 10.2. The van der Waals surface area contributed by atoms with E-state index in [9.17, 15) is 0 Å². The van der Waals surface area contributed by atoms with Gasteiger partial charge in [-0.05, 0) is 12.3 Å². The Kier molecular flexibility index (Phi) is 7.22. The van der Waals surface area contributed by atoms with Crippen LogP contribution in [0, 0.1) is 5.92 Å². The third kappa shape index (κ3) is 4.97. The van der Waals surface area contributed by atoms with Gasteiger partial charge in [0.15, 0.2) is 0 Å². The average Bonchev–Trinajstić information content (AvgIpc) is 2.21. The molecule has 0 atom stereocenters. The first kappa shape index (κ1) is 12.8. The highest BCUT2D eigenvalue weighted by Crippen LogP contribution is 2.30. The van der Waals surface area contributed by atoms with Crippen molar-refractivity contribution in [2.24, 2.45) is 5.92 Å². The summed E-state index contributed by atoms with van der Waals surface area (Å²) < 4.78 is 0. The van der Waals surface area contributed by atoms with E-state index in [2.05, 4.69) is 22.9 Å². The van der Waals surface area contributed by atoms with Crippen LogP contribution in [0.15, 0.2) is 0 Å². The molecule has 0 aliphatic carbocycles. The maximum absolute atomic E-state index is 3.56. The predicted molar refractivity (Wildman–Crippen MR) is 72.2 cm³/mol. The van der Waals surface area contributed by atoms with Gasteiger partial charge in [-0.25, -0.2) is 0 Å². The van der Waals surface area contributed by atoms with Crippen LogP contribution in [0.4, 0.5) is 0 Å². The number of rotatable bonds is 6. The fraction of sp³-hybridized carbons (Fsp3) is 1.00. The summed E-state index contributed by atoms with van der Waals surface area (Å²) >= 11 is 3.56. The van der Waals surface area contributed by atoms with Crippen molar-refractivity contribution in [3.63, 3.8) is 0 Å². The second-order valence-corrected chi connectivity index (χ2v) is 9.12. The lowest BCUT2D eigenvalue weighted by Gasteiger charge is -2.27. The molecule has 1 fully saturated rings. The molecule has 0 spiro atoms. The molecule has 1 heterocycles. The van der Waals surface area contributed by atoms with Crippen LogP contribution in [0.25, 0.3) is 0 Å². The first-order chi connectivity index (χ1) is 6.86. The molecular weight excluding hydrogens is 252 g/mol. The molecule has 0 aromatic heterocycles. The average molecular weight is 277 g/mol. The summed E-state index contributed by atoms with van der Waals surface area (Å²) in [6.45, 7) is 2.31. The lowest BCUT2D eigenvalue weighted by Crippen LogP contribution is -2.21.